The second kappa shape index (κ2) is 9.09. The minimum absolute atomic E-state index is 0.00326. The topological polar surface area (TPSA) is 82.1 Å². The normalized spacial score (nSPS) is 42.8. The molecule has 4 aliphatic rings. The standard InChI is InChI=1S/C26H40O6/c1-5-7-8-22(29)31-17-9-11-25(3)16(13-17)14-19(27)23-18(25)10-12-26(4)20(15-30-24(23)26)32-21(28)6-2/h14,17-20,23-24,27H,5-13,15H2,1-4H3/t17-,18?,19-,20-,23?,24?,25-,26+/m0/s1. The third-order valence-corrected chi connectivity index (χ3v) is 8.97. The molecule has 3 aliphatic carbocycles. The van der Waals surface area contributed by atoms with E-state index in [-0.39, 0.29) is 47.0 Å². The Labute approximate surface area is 192 Å². The van der Waals surface area contributed by atoms with Gasteiger partial charge in [0.15, 0.2) is 0 Å². The molecule has 0 aromatic carbocycles. The van der Waals surface area contributed by atoms with Crippen molar-refractivity contribution in [2.75, 3.05) is 6.61 Å². The molecule has 4 rings (SSSR count). The Morgan fingerprint density at radius 3 is 2.66 bits per heavy atom. The first-order chi connectivity index (χ1) is 15.2. The van der Waals surface area contributed by atoms with Crippen LogP contribution in [0.3, 0.4) is 0 Å². The first-order valence-electron chi connectivity index (χ1n) is 12.6. The second-order valence-electron chi connectivity index (χ2n) is 10.9. The lowest BCUT2D eigenvalue weighted by Gasteiger charge is -2.58. The molecule has 1 saturated heterocycles. The van der Waals surface area contributed by atoms with Crippen LogP contribution >= 0.6 is 0 Å². The van der Waals surface area contributed by atoms with Crippen LogP contribution in [-0.4, -0.2) is 48.1 Å². The maximum atomic E-state index is 12.1. The SMILES string of the molecule is CCCCC(=O)O[C@H]1CC[C@@]2(C)C(=C[C@H](O)C3C2CC[C@@]2(C)C3OC[C@@H]2OC(=O)CC)C1. The number of hydrogen-bond donors (Lipinski definition) is 1. The highest BCUT2D eigenvalue weighted by Crippen LogP contribution is 2.62. The van der Waals surface area contributed by atoms with Crippen LogP contribution in [0.25, 0.3) is 0 Å². The van der Waals surface area contributed by atoms with Crippen LogP contribution < -0.4 is 0 Å². The van der Waals surface area contributed by atoms with Gasteiger partial charge in [0.2, 0.25) is 0 Å². The minimum Gasteiger partial charge on any atom is -0.462 e. The molecule has 1 aliphatic heterocycles. The van der Waals surface area contributed by atoms with Crippen molar-refractivity contribution in [3.05, 3.63) is 11.6 Å². The number of hydrogen-bond acceptors (Lipinski definition) is 6. The predicted molar refractivity (Wildman–Crippen MR) is 120 cm³/mol. The molecule has 3 unspecified atom stereocenters. The summed E-state index contributed by atoms with van der Waals surface area (Å²) in [6.45, 7) is 8.78. The van der Waals surface area contributed by atoms with Gasteiger partial charge in [0.1, 0.15) is 12.2 Å². The van der Waals surface area contributed by atoms with Gasteiger partial charge < -0.3 is 19.3 Å². The molecule has 0 bridgehead atoms. The zero-order valence-electron chi connectivity index (χ0n) is 20.1. The van der Waals surface area contributed by atoms with Gasteiger partial charge in [-0.25, -0.2) is 0 Å². The Balaban J connectivity index is 1.51. The summed E-state index contributed by atoms with van der Waals surface area (Å²) in [4.78, 5) is 24.1. The van der Waals surface area contributed by atoms with Crippen molar-refractivity contribution >= 4 is 11.9 Å². The number of carbonyl (C=O) groups excluding carboxylic acids is 2. The smallest absolute Gasteiger partial charge is 0.306 e. The molecule has 3 fully saturated rings. The van der Waals surface area contributed by atoms with Gasteiger partial charge >= 0.3 is 11.9 Å². The van der Waals surface area contributed by atoms with Crippen molar-refractivity contribution in [3.8, 4) is 0 Å². The summed E-state index contributed by atoms with van der Waals surface area (Å²) >= 11 is 0. The Kier molecular flexibility index (Phi) is 6.75. The zero-order chi connectivity index (χ0) is 23.1. The average molecular weight is 449 g/mol. The van der Waals surface area contributed by atoms with E-state index >= 15 is 0 Å². The van der Waals surface area contributed by atoms with E-state index in [0.717, 1.165) is 38.5 Å². The molecule has 32 heavy (non-hydrogen) atoms. The molecule has 8 atom stereocenters. The predicted octanol–water partition coefficient (Wildman–Crippen LogP) is 4.33. The van der Waals surface area contributed by atoms with Crippen molar-refractivity contribution in [3.63, 3.8) is 0 Å². The fraction of sp³-hybridized carbons (Fsp3) is 0.846. The van der Waals surface area contributed by atoms with E-state index < -0.39 is 6.10 Å². The maximum absolute atomic E-state index is 12.1. The van der Waals surface area contributed by atoms with E-state index in [2.05, 4.69) is 20.8 Å². The molecule has 0 aromatic heterocycles. The van der Waals surface area contributed by atoms with Gasteiger partial charge in [0.25, 0.3) is 0 Å². The Bertz CT molecular complexity index is 761. The summed E-state index contributed by atoms with van der Waals surface area (Å²) in [5, 5.41) is 11.2. The lowest BCUT2D eigenvalue weighted by Crippen LogP contribution is -2.58. The van der Waals surface area contributed by atoms with Crippen molar-refractivity contribution in [2.45, 2.75) is 110 Å². The minimum atomic E-state index is -0.595. The van der Waals surface area contributed by atoms with E-state index in [1.54, 1.807) is 0 Å². The highest BCUT2D eigenvalue weighted by molar-refractivity contribution is 5.69. The van der Waals surface area contributed by atoms with Crippen molar-refractivity contribution < 1.29 is 28.9 Å². The number of unbranched alkanes of at least 4 members (excludes halogenated alkanes) is 1. The van der Waals surface area contributed by atoms with Crippen LogP contribution in [0.5, 0.6) is 0 Å². The molecule has 180 valence electrons. The van der Waals surface area contributed by atoms with Crippen LogP contribution in [0.4, 0.5) is 0 Å². The number of carbonyl (C=O) groups is 2. The Morgan fingerprint density at radius 1 is 1.16 bits per heavy atom. The van der Waals surface area contributed by atoms with E-state index in [1.807, 2.05) is 13.0 Å². The lowest BCUT2D eigenvalue weighted by molar-refractivity contribution is -0.159. The molecule has 6 nitrogen and oxygen atoms in total. The van der Waals surface area contributed by atoms with E-state index in [9.17, 15) is 14.7 Å². The van der Waals surface area contributed by atoms with Gasteiger partial charge in [-0.2, -0.15) is 0 Å². The van der Waals surface area contributed by atoms with E-state index in [1.165, 1.54) is 5.57 Å². The maximum Gasteiger partial charge on any atom is 0.306 e. The first kappa shape index (κ1) is 23.7. The fourth-order valence-electron chi connectivity index (χ4n) is 6.92. The number of ether oxygens (including phenoxy) is 3. The molecular weight excluding hydrogens is 408 g/mol. The second-order valence-corrected chi connectivity index (χ2v) is 10.9. The Hall–Kier alpha value is -1.40. The number of esters is 2. The van der Waals surface area contributed by atoms with Gasteiger partial charge in [0, 0.05) is 30.6 Å². The lowest BCUT2D eigenvalue weighted by atomic mass is 9.49. The van der Waals surface area contributed by atoms with Crippen LogP contribution in [-0.2, 0) is 23.8 Å². The van der Waals surface area contributed by atoms with Crippen LogP contribution in [0.2, 0.25) is 0 Å². The van der Waals surface area contributed by atoms with Crippen molar-refractivity contribution in [1.29, 1.82) is 0 Å². The molecule has 1 N–H and O–H groups in total. The quantitative estimate of drug-likeness (QED) is 0.481. The highest BCUT2D eigenvalue weighted by atomic mass is 16.6. The fourth-order valence-corrected chi connectivity index (χ4v) is 6.92. The number of rotatable bonds is 6. The van der Waals surface area contributed by atoms with E-state index in [4.69, 9.17) is 14.2 Å². The summed E-state index contributed by atoms with van der Waals surface area (Å²) in [5.41, 5.74) is 0.959. The molecule has 1 heterocycles. The Morgan fingerprint density at radius 2 is 1.94 bits per heavy atom. The van der Waals surface area contributed by atoms with Crippen molar-refractivity contribution in [1.82, 2.24) is 0 Å². The van der Waals surface area contributed by atoms with Gasteiger partial charge in [-0.15, -0.1) is 0 Å². The monoisotopic (exact) mass is 448 g/mol. The van der Waals surface area contributed by atoms with Crippen LogP contribution in [0.1, 0.15) is 85.5 Å². The number of aliphatic hydroxyl groups excluding tert-OH is 1. The number of fused-ring (bicyclic) bond motifs is 5. The number of aliphatic hydroxyl groups is 1. The highest BCUT2D eigenvalue weighted by Gasteiger charge is 2.63. The summed E-state index contributed by atoms with van der Waals surface area (Å²) in [6.07, 6.45) is 8.11. The van der Waals surface area contributed by atoms with Gasteiger partial charge in [-0.1, -0.05) is 45.8 Å². The molecule has 6 heteroatoms. The van der Waals surface area contributed by atoms with Gasteiger partial charge in [0.05, 0.1) is 18.8 Å². The van der Waals surface area contributed by atoms with Crippen LogP contribution in [0, 0.1) is 22.7 Å². The van der Waals surface area contributed by atoms with Gasteiger partial charge in [-0.05, 0) is 43.4 Å². The van der Waals surface area contributed by atoms with Crippen molar-refractivity contribution in [2.24, 2.45) is 22.7 Å². The summed E-state index contributed by atoms with van der Waals surface area (Å²) in [6, 6.07) is 0. The zero-order valence-corrected chi connectivity index (χ0v) is 20.1. The summed E-state index contributed by atoms with van der Waals surface area (Å²) in [7, 11) is 0. The third-order valence-electron chi connectivity index (χ3n) is 8.97. The molecule has 0 aromatic rings. The van der Waals surface area contributed by atoms with Gasteiger partial charge in [-0.3, -0.25) is 9.59 Å². The molecule has 2 saturated carbocycles. The third kappa shape index (κ3) is 4.02. The molecular formula is C26H40O6. The summed E-state index contributed by atoms with van der Waals surface area (Å²) < 4.78 is 17.8. The molecule has 0 radical (unpaired) electrons. The van der Waals surface area contributed by atoms with Crippen LogP contribution in [0.15, 0.2) is 11.6 Å². The molecule has 0 amide bonds. The summed E-state index contributed by atoms with van der Waals surface area (Å²) in [5.74, 6) is 0.0212. The largest absolute Gasteiger partial charge is 0.462 e. The average Bonchev–Trinajstić information content (AvgIpc) is 3.09. The molecule has 0 spiro atoms. The van der Waals surface area contributed by atoms with E-state index in [0.29, 0.717) is 31.8 Å². The first-order valence-corrected chi connectivity index (χ1v) is 12.6.